The molecular weight excluding hydrogens is 152 g/mol. The standard InChI is InChI=1S/C10H10O2/c1-9(7-11)3-2-4-10-5-6-12-8-10/h2-8H,1H3/b4-2+,9-3+. The molecular formula is C10H10O2. The third-order valence-electron chi connectivity index (χ3n) is 1.38. The normalized spacial score (nSPS) is 12.2. The highest BCUT2D eigenvalue weighted by atomic mass is 16.3. The van der Waals surface area contributed by atoms with Crippen LogP contribution in [0, 0.1) is 0 Å². The third-order valence-corrected chi connectivity index (χ3v) is 1.38. The van der Waals surface area contributed by atoms with E-state index >= 15 is 0 Å². The number of carbonyl (C=O) groups excluding carboxylic acids is 1. The van der Waals surface area contributed by atoms with Crippen LogP contribution in [-0.2, 0) is 4.79 Å². The summed E-state index contributed by atoms with van der Waals surface area (Å²) in [5, 5.41) is 0. The quantitative estimate of drug-likeness (QED) is 0.388. The second-order valence-corrected chi connectivity index (χ2v) is 2.44. The number of hydrogen-bond acceptors (Lipinski definition) is 2. The van der Waals surface area contributed by atoms with Crippen LogP contribution in [0.1, 0.15) is 12.5 Å². The molecule has 0 atom stereocenters. The Morgan fingerprint density at radius 3 is 3.00 bits per heavy atom. The molecule has 0 fully saturated rings. The minimum atomic E-state index is 0.703. The Morgan fingerprint density at radius 2 is 2.42 bits per heavy atom. The number of rotatable bonds is 3. The second-order valence-electron chi connectivity index (χ2n) is 2.44. The van der Waals surface area contributed by atoms with Gasteiger partial charge in [0.2, 0.25) is 0 Å². The van der Waals surface area contributed by atoms with Crippen LogP contribution in [0.2, 0.25) is 0 Å². The summed E-state index contributed by atoms with van der Waals surface area (Å²) in [4.78, 5) is 10.2. The van der Waals surface area contributed by atoms with Crippen molar-refractivity contribution in [3.05, 3.63) is 41.9 Å². The number of hydrogen-bond donors (Lipinski definition) is 0. The van der Waals surface area contributed by atoms with Gasteiger partial charge >= 0.3 is 0 Å². The van der Waals surface area contributed by atoms with Crippen LogP contribution >= 0.6 is 0 Å². The molecule has 0 aliphatic carbocycles. The molecule has 0 aromatic carbocycles. The molecule has 0 amide bonds. The van der Waals surface area contributed by atoms with E-state index in [0.717, 1.165) is 11.8 Å². The Hall–Kier alpha value is -1.57. The number of carbonyl (C=O) groups is 1. The molecule has 0 bridgehead atoms. The zero-order valence-electron chi connectivity index (χ0n) is 6.86. The minimum Gasteiger partial charge on any atom is -0.472 e. The van der Waals surface area contributed by atoms with E-state index < -0.39 is 0 Å². The lowest BCUT2D eigenvalue weighted by Gasteiger charge is -1.81. The van der Waals surface area contributed by atoms with Gasteiger partial charge in [-0.25, -0.2) is 0 Å². The highest BCUT2D eigenvalue weighted by molar-refractivity contribution is 5.73. The summed E-state index contributed by atoms with van der Waals surface area (Å²) in [5.41, 5.74) is 1.69. The lowest BCUT2D eigenvalue weighted by molar-refractivity contribution is -0.104. The highest BCUT2D eigenvalue weighted by Gasteiger charge is 1.84. The van der Waals surface area contributed by atoms with Crippen LogP contribution in [0.5, 0.6) is 0 Å². The van der Waals surface area contributed by atoms with Gasteiger partial charge < -0.3 is 4.42 Å². The molecule has 0 aliphatic heterocycles. The Bertz CT molecular complexity index is 292. The third kappa shape index (κ3) is 2.58. The molecule has 12 heavy (non-hydrogen) atoms. The molecule has 0 saturated carbocycles. The van der Waals surface area contributed by atoms with Crippen LogP contribution in [0.3, 0.4) is 0 Å². The van der Waals surface area contributed by atoms with Gasteiger partial charge in [-0.05, 0) is 18.6 Å². The van der Waals surface area contributed by atoms with Crippen molar-refractivity contribution in [1.29, 1.82) is 0 Å². The van der Waals surface area contributed by atoms with E-state index in [9.17, 15) is 4.79 Å². The Labute approximate surface area is 71.2 Å². The summed E-state index contributed by atoms with van der Waals surface area (Å²) < 4.78 is 4.86. The fourth-order valence-corrected chi connectivity index (χ4v) is 0.720. The summed E-state index contributed by atoms with van der Waals surface area (Å²) >= 11 is 0. The van der Waals surface area contributed by atoms with Crippen LogP contribution in [0.25, 0.3) is 6.08 Å². The molecule has 0 spiro atoms. The van der Waals surface area contributed by atoms with Crippen molar-refractivity contribution in [3.8, 4) is 0 Å². The largest absolute Gasteiger partial charge is 0.472 e. The predicted octanol–water partition coefficient (Wildman–Crippen LogP) is 2.44. The first-order chi connectivity index (χ1) is 5.83. The molecule has 1 rings (SSSR count). The molecule has 2 heteroatoms. The van der Waals surface area contributed by atoms with E-state index in [1.165, 1.54) is 0 Å². The molecule has 0 N–H and O–H groups in total. The van der Waals surface area contributed by atoms with Crippen molar-refractivity contribution >= 4 is 12.4 Å². The van der Waals surface area contributed by atoms with Crippen LogP contribution < -0.4 is 0 Å². The first-order valence-corrected chi connectivity index (χ1v) is 3.65. The van der Waals surface area contributed by atoms with Crippen molar-refractivity contribution in [2.24, 2.45) is 0 Å². The van der Waals surface area contributed by atoms with E-state index in [1.54, 1.807) is 25.5 Å². The van der Waals surface area contributed by atoms with E-state index in [2.05, 4.69) is 0 Å². The lowest BCUT2D eigenvalue weighted by Crippen LogP contribution is -1.71. The van der Waals surface area contributed by atoms with Crippen molar-refractivity contribution in [3.63, 3.8) is 0 Å². The van der Waals surface area contributed by atoms with E-state index in [4.69, 9.17) is 4.42 Å². The average molecular weight is 162 g/mol. The summed E-state index contributed by atoms with van der Waals surface area (Å²) in [5.74, 6) is 0. The fourth-order valence-electron chi connectivity index (χ4n) is 0.720. The second kappa shape index (κ2) is 4.34. The van der Waals surface area contributed by atoms with Gasteiger partial charge in [0, 0.05) is 5.56 Å². The van der Waals surface area contributed by atoms with E-state index in [1.807, 2.05) is 18.2 Å². The molecule has 62 valence electrons. The van der Waals surface area contributed by atoms with Crippen molar-refractivity contribution in [2.45, 2.75) is 6.92 Å². The number of aldehydes is 1. The first kappa shape index (κ1) is 8.53. The maximum absolute atomic E-state index is 10.2. The molecule has 0 unspecified atom stereocenters. The van der Waals surface area contributed by atoms with Gasteiger partial charge in [0.25, 0.3) is 0 Å². The van der Waals surface area contributed by atoms with Gasteiger partial charge in [-0.2, -0.15) is 0 Å². The van der Waals surface area contributed by atoms with Crippen molar-refractivity contribution in [1.82, 2.24) is 0 Å². The lowest BCUT2D eigenvalue weighted by atomic mass is 10.2. The SMILES string of the molecule is C/C(C=O)=C\C=C\c1ccoc1. The average Bonchev–Trinajstić information content (AvgIpc) is 2.57. The first-order valence-electron chi connectivity index (χ1n) is 3.65. The van der Waals surface area contributed by atoms with Gasteiger partial charge in [-0.1, -0.05) is 18.2 Å². The molecule has 0 radical (unpaired) electrons. The minimum absolute atomic E-state index is 0.703. The fraction of sp³-hybridized carbons (Fsp3) is 0.100. The smallest absolute Gasteiger partial charge is 0.145 e. The Kier molecular flexibility index (Phi) is 3.08. The zero-order valence-corrected chi connectivity index (χ0v) is 6.86. The monoisotopic (exact) mass is 162 g/mol. The van der Waals surface area contributed by atoms with E-state index in [-0.39, 0.29) is 0 Å². The van der Waals surface area contributed by atoms with Gasteiger partial charge in [0.05, 0.1) is 12.5 Å². The number of furan rings is 1. The Morgan fingerprint density at radius 1 is 1.58 bits per heavy atom. The maximum Gasteiger partial charge on any atom is 0.145 e. The van der Waals surface area contributed by atoms with Crippen molar-refractivity contribution in [2.75, 3.05) is 0 Å². The van der Waals surface area contributed by atoms with Crippen LogP contribution in [0.15, 0.2) is 40.7 Å². The molecule has 0 aliphatic rings. The topological polar surface area (TPSA) is 30.2 Å². The summed E-state index contributed by atoms with van der Waals surface area (Å²) in [6.07, 6.45) is 9.50. The van der Waals surface area contributed by atoms with Gasteiger partial charge in [-0.15, -0.1) is 0 Å². The van der Waals surface area contributed by atoms with E-state index in [0.29, 0.717) is 5.57 Å². The van der Waals surface area contributed by atoms with Crippen LogP contribution in [-0.4, -0.2) is 6.29 Å². The molecule has 1 heterocycles. The molecule has 2 nitrogen and oxygen atoms in total. The highest BCUT2D eigenvalue weighted by Crippen LogP contribution is 2.02. The van der Waals surface area contributed by atoms with Crippen molar-refractivity contribution < 1.29 is 9.21 Å². The van der Waals surface area contributed by atoms with Crippen LogP contribution in [0.4, 0.5) is 0 Å². The van der Waals surface area contributed by atoms with Gasteiger partial charge in [0.1, 0.15) is 6.29 Å². The van der Waals surface area contributed by atoms with Gasteiger partial charge in [0.15, 0.2) is 0 Å². The number of allylic oxidation sites excluding steroid dienone is 3. The predicted molar refractivity (Wildman–Crippen MR) is 47.6 cm³/mol. The Balaban J connectivity index is 2.58. The molecule has 1 aromatic rings. The summed E-state index contributed by atoms with van der Waals surface area (Å²) in [7, 11) is 0. The van der Waals surface area contributed by atoms with Gasteiger partial charge in [-0.3, -0.25) is 4.79 Å². The summed E-state index contributed by atoms with van der Waals surface area (Å²) in [6, 6.07) is 1.85. The maximum atomic E-state index is 10.2. The zero-order chi connectivity index (χ0) is 8.81. The molecule has 1 aromatic heterocycles. The summed E-state index contributed by atoms with van der Waals surface area (Å²) in [6.45, 7) is 1.76. The molecule has 0 saturated heterocycles.